The summed E-state index contributed by atoms with van der Waals surface area (Å²) in [5.74, 6) is 0.00153. The standard InChI is InChI=1S/C9H14N2O/c1-6-4-7(2)11-9(6)5-10-8(3)12/h4,11H,5H2,1-3H3,(H,10,12). The average molecular weight is 166 g/mol. The lowest BCUT2D eigenvalue weighted by molar-refractivity contribution is -0.119. The van der Waals surface area contributed by atoms with Gasteiger partial charge < -0.3 is 10.3 Å². The van der Waals surface area contributed by atoms with Gasteiger partial charge in [0.05, 0.1) is 6.54 Å². The van der Waals surface area contributed by atoms with Crippen molar-refractivity contribution in [1.82, 2.24) is 10.3 Å². The van der Waals surface area contributed by atoms with Gasteiger partial charge in [-0.3, -0.25) is 4.79 Å². The van der Waals surface area contributed by atoms with Crippen molar-refractivity contribution in [2.24, 2.45) is 0 Å². The number of rotatable bonds is 2. The lowest BCUT2D eigenvalue weighted by Gasteiger charge is -2.00. The smallest absolute Gasteiger partial charge is 0.217 e. The minimum absolute atomic E-state index is 0.00153. The predicted octanol–water partition coefficient (Wildman–Crippen LogP) is 1.27. The number of aromatic amines is 1. The minimum atomic E-state index is 0.00153. The first-order valence-electron chi connectivity index (χ1n) is 3.99. The molecule has 0 fully saturated rings. The van der Waals surface area contributed by atoms with E-state index in [4.69, 9.17) is 0 Å². The number of H-pyrrole nitrogens is 1. The topological polar surface area (TPSA) is 44.9 Å². The molecule has 1 amide bonds. The van der Waals surface area contributed by atoms with E-state index in [9.17, 15) is 4.79 Å². The Labute approximate surface area is 72.2 Å². The third kappa shape index (κ3) is 2.12. The van der Waals surface area contributed by atoms with Gasteiger partial charge in [-0.2, -0.15) is 0 Å². The molecule has 3 nitrogen and oxygen atoms in total. The first-order valence-corrected chi connectivity index (χ1v) is 3.99. The summed E-state index contributed by atoms with van der Waals surface area (Å²) in [5.41, 5.74) is 3.41. The second-order valence-electron chi connectivity index (χ2n) is 3.02. The zero-order valence-corrected chi connectivity index (χ0v) is 7.69. The highest BCUT2D eigenvalue weighted by molar-refractivity contribution is 5.72. The van der Waals surface area contributed by atoms with Gasteiger partial charge in [-0.1, -0.05) is 0 Å². The van der Waals surface area contributed by atoms with Gasteiger partial charge in [-0.15, -0.1) is 0 Å². The van der Waals surface area contributed by atoms with E-state index in [1.165, 1.54) is 12.5 Å². The first-order chi connectivity index (χ1) is 5.59. The van der Waals surface area contributed by atoms with Crippen LogP contribution < -0.4 is 5.32 Å². The van der Waals surface area contributed by atoms with Crippen molar-refractivity contribution in [1.29, 1.82) is 0 Å². The molecule has 0 aliphatic heterocycles. The van der Waals surface area contributed by atoms with Crippen LogP contribution in [0, 0.1) is 13.8 Å². The SMILES string of the molecule is CC(=O)NCc1[nH]c(C)cc1C. The molecule has 1 aromatic rings. The van der Waals surface area contributed by atoms with Crippen LogP contribution in [0.5, 0.6) is 0 Å². The van der Waals surface area contributed by atoms with Gasteiger partial charge in [0.2, 0.25) is 5.91 Å². The zero-order valence-electron chi connectivity index (χ0n) is 7.69. The molecule has 0 aromatic carbocycles. The number of aromatic nitrogens is 1. The van der Waals surface area contributed by atoms with Gasteiger partial charge in [0.15, 0.2) is 0 Å². The second kappa shape index (κ2) is 3.43. The molecule has 0 spiro atoms. The van der Waals surface area contributed by atoms with Gasteiger partial charge in [0.25, 0.3) is 0 Å². The first kappa shape index (κ1) is 8.84. The van der Waals surface area contributed by atoms with Crippen molar-refractivity contribution in [2.75, 3.05) is 0 Å². The fourth-order valence-electron chi connectivity index (χ4n) is 1.18. The second-order valence-corrected chi connectivity index (χ2v) is 3.02. The fourth-order valence-corrected chi connectivity index (χ4v) is 1.18. The number of carbonyl (C=O) groups is 1. The van der Waals surface area contributed by atoms with E-state index in [0.717, 1.165) is 11.4 Å². The van der Waals surface area contributed by atoms with Crippen LogP contribution in [0.3, 0.4) is 0 Å². The van der Waals surface area contributed by atoms with E-state index < -0.39 is 0 Å². The van der Waals surface area contributed by atoms with Gasteiger partial charge in [-0.05, 0) is 25.5 Å². The normalized spacial score (nSPS) is 9.92. The average Bonchev–Trinajstić information content (AvgIpc) is 2.26. The maximum atomic E-state index is 10.6. The third-order valence-corrected chi connectivity index (χ3v) is 1.77. The van der Waals surface area contributed by atoms with Gasteiger partial charge in [-0.25, -0.2) is 0 Å². The molecular weight excluding hydrogens is 152 g/mol. The van der Waals surface area contributed by atoms with Crippen molar-refractivity contribution in [3.05, 3.63) is 23.0 Å². The monoisotopic (exact) mass is 166 g/mol. The van der Waals surface area contributed by atoms with Crippen LogP contribution >= 0.6 is 0 Å². The van der Waals surface area contributed by atoms with E-state index in [1.54, 1.807) is 0 Å². The lowest BCUT2D eigenvalue weighted by atomic mass is 10.2. The number of hydrogen-bond acceptors (Lipinski definition) is 1. The molecule has 12 heavy (non-hydrogen) atoms. The Bertz CT molecular complexity index is 289. The van der Waals surface area contributed by atoms with Crippen LogP contribution in [-0.4, -0.2) is 10.9 Å². The fraction of sp³-hybridized carbons (Fsp3) is 0.444. The highest BCUT2D eigenvalue weighted by atomic mass is 16.1. The molecule has 0 saturated carbocycles. The summed E-state index contributed by atoms with van der Waals surface area (Å²) >= 11 is 0. The molecule has 3 heteroatoms. The van der Waals surface area contributed by atoms with Gasteiger partial charge >= 0.3 is 0 Å². The molecule has 1 aromatic heterocycles. The summed E-state index contributed by atoms with van der Waals surface area (Å²) in [5, 5.41) is 2.75. The molecular formula is C9H14N2O. The summed E-state index contributed by atoms with van der Waals surface area (Å²) in [7, 11) is 0. The lowest BCUT2D eigenvalue weighted by Crippen LogP contribution is -2.19. The van der Waals surface area contributed by atoms with Crippen molar-refractivity contribution in [2.45, 2.75) is 27.3 Å². The molecule has 1 heterocycles. The molecule has 66 valence electrons. The Balaban J connectivity index is 2.62. The quantitative estimate of drug-likeness (QED) is 0.682. The van der Waals surface area contributed by atoms with Gasteiger partial charge in [0.1, 0.15) is 0 Å². The van der Waals surface area contributed by atoms with E-state index >= 15 is 0 Å². The molecule has 0 aliphatic rings. The highest BCUT2D eigenvalue weighted by Crippen LogP contribution is 2.07. The molecule has 0 bridgehead atoms. The van der Waals surface area contributed by atoms with E-state index in [0.29, 0.717) is 6.54 Å². The van der Waals surface area contributed by atoms with Crippen LogP contribution in [0.4, 0.5) is 0 Å². The number of amides is 1. The molecule has 0 unspecified atom stereocenters. The Morgan fingerprint density at radius 3 is 2.67 bits per heavy atom. The summed E-state index contributed by atoms with van der Waals surface area (Å²) in [6.45, 7) is 6.14. The predicted molar refractivity (Wildman–Crippen MR) is 47.8 cm³/mol. The summed E-state index contributed by atoms with van der Waals surface area (Å²) in [4.78, 5) is 13.8. The van der Waals surface area contributed by atoms with E-state index in [-0.39, 0.29) is 5.91 Å². The van der Waals surface area contributed by atoms with E-state index in [2.05, 4.69) is 16.4 Å². The maximum absolute atomic E-state index is 10.6. The van der Waals surface area contributed by atoms with E-state index in [1.807, 2.05) is 13.8 Å². The number of nitrogens with one attached hydrogen (secondary N) is 2. The van der Waals surface area contributed by atoms with Crippen LogP contribution in [0.25, 0.3) is 0 Å². The molecule has 0 saturated heterocycles. The van der Waals surface area contributed by atoms with Crippen LogP contribution in [0.15, 0.2) is 6.07 Å². The number of hydrogen-bond donors (Lipinski definition) is 2. The molecule has 2 N–H and O–H groups in total. The third-order valence-electron chi connectivity index (χ3n) is 1.77. The largest absolute Gasteiger partial charge is 0.361 e. The number of aryl methyl sites for hydroxylation is 2. The zero-order chi connectivity index (χ0) is 9.14. The van der Waals surface area contributed by atoms with Gasteiger partial charge in [0, 0.05) is 18.3 Å². The molecule has 0 radical (unpaired) electrons. The van der Waals surface area contributed by atoms with Crippen LogP contribution in [-0.2, 0) is 11.3 Å². The van der Waals surface area contributed by atoms with Crippen LogP contribution in [0.2, 0.25) is 0 Å². The molecule has 0 aliphatic carbocycles. The molecule has 0 atom stereocenters. The summed E-state index contributed by atoms with van der Waals surface area (Å²) in [6, 6.07) is 2.07. The highest BCUT2D eigenvalue weighted by Gasteiger charge is 2.01. The van der Waals surface area contributed by atoms with Crippen molar-refractivity contribution < 1.29 is 4.79 Å². The van der Waals surface area contributed by atoms with Crippen LogP contribution in [0.1, 0.15) is 23.9 Å². The Morgan fingerprint density at radius 1 is 1.58 bits per heavy atom. The Morgan fingerprint density at radius 2 is 2.25 bits per heavy atom. The number of carbonyl (C=O) groups excluding carboxylic acids is 1. The minimum Gasteiger partial charge on any atom is -0.361 e. The van der Waals surface area contributed by atoms with Crippen molar-refractivity contribution in [3.63, 3.8) is 0 Å². The maximum Gasteiger partial charge on any atom is 0.217 e. The molecule has 1 rings (SSSR count). The van der Waals surface area contributed by atoms with Crippen molar-refractivity contribution >= 4 is 5.91 Å². The summed E-state index contributed by atoms with van der Waals surface area (Å²) < 4.78 is 0. The Hall–Kier alpha value is -1.25. The Kier molecular flexibility index (Phi) is 2.53. The summed E-state index contributed by atoms with van der Waals surface area (Å²) in [6.07, 6.45) is 0. The van der Waals surface area contributed by atoms with Crippen molar-refractivity contribution in [3.8, 4) is 0 Å².